The van der Waals surface area contributed by atoms with Gasteiger partial charge in [0.15, 0.2) is 5.65 Å². The number of halogens is 1. The van der Waals surface area contributed by atoms with Crippen LogP contribution in [0.2, 0.25) is 5.28 Å². The van der Waals surface area contributed by atoms with E-state index in [9.17, 15) is 4.57 Å². The first-order chi connectivity index (χ1) is 14.9. The Hall–Kier alpha value is -1.38. The Morgan fingerprint density at radius 2 is 2.16 bits per heavy atom. The summed E-state index contributed by atoms with van der Waals surface area (Å²) in [5.74, 6) is 1.25. The molecule has 9 nitrogen and oxygen atoms in total. The predicted molar refractivity (Wildman–Crippen MR) is 119 cm³/mol. The summed E-state index contributed by atoms with van der Waals surface area (Å²) < 4.78 is 18.2. The Morgan fingerprint density at radius 3 is 2.94 bits per heavy atom. The molecule has 1 N–H and O–H groups in total. The van der Waals surface area contributed by atoms with Crippen LogP contribution in [-0.2, 0) is 9.30 Å². The van der Waals surface area contributed by atoms with E-state index in [-0.39, 0.29) is 17.7 Å². The van der Waals surface area contributed by atoms with Crippen molar-refractivity contribution in [2.75, 3.05) is 51.1 Å². The zero-order chi connectivity index (χ0) is 21.6. The molecule has 3 aliphatic rings. The van der Waals surface area contributed by atoms with E-state index in [1.165, 1.54) is 19.4 Å². The van der Waals surface area contributed by atoms with Gasteiger partial charge in [-0.3, -0.25) is 0 Å². The maximum absolute atomic E-state index is 10.8. The molecular weight excluding hydrogens is 439 g/mol. The van der Waals surface area contributed by atoms with Crippen molar-refractivity contribution < 1.29 is 14.2 Å². The van der Waals surface area contributed by atoms with Gasteiger partial charge in [-0.15, -0.1) is 0 Å². The average molecular weight is 468 g/mol. The maximum atomic E-state index is 10.8. The van der Waals surface area contributed by atoms with Gasteiger partial charge in [0.1, 0.15) is 5.82 Å². The van der Waals surface area contributed by atoms with Gasteiger partial charge in [0.2, 0.25) is 5.28 Å². The van der Waals surface area contributed by atoms with Gasteiger partial charge >= 0.3 is 8.03 Å². The molecule has 0 aromatic carbocycles. The van der Waals surface area contributed by atoms with Crippen LogP contribution in [0.1, 0.15) is 38.1 Å². The van der Waals surface area contributed by atoms with Gasteiger partial charge in [-0.25, -0.2) is 4.68 Å². The molecule has 2 aliphatic heterocycles. The van der Waals surface area contributed by atoms with Gasteiger partial charge in [-0.2, -0.15) is 20.0 Å². The molecule has 1 aliphatic carbocycles. The number of rotatable bonds is 6. The quantitative estimate of drug-likeness (QED) is 0.511. The molecule has 1 saturated carbocycles. The molecule has 168 valence electrons. The Balaban J connectivity index is 1.31. The molecule has 0 radical (unpaired) electrons. The molecule has 11 heteroatoms. The molecule has 5 rings (SSSR count). The summed E-state index contributed by atoms with van der Waals surface area (Å²) >= 11 is 6.34. The van der Waals surface area contributed by atoms with E-state index in [2.05, 4.69) is 31.9 Å². The molecule has 2 aromatic rings. The van der Waals surface area contributed by atoms with Gasteiger partial charge in [-0.05, 0) is 67.8 Å². The summed E-state index contributed by atoms with van der Waals surface area (Å²) in [5, 5.41) is 5.89. The second kappa shape index (κ2) is 8.52. The zero-order valence-corrected chi connectivity index (χ0v) is 19.4. The number of piperidine rings is 1. The van der Waals surface area contributed by atoms with Crippen molar-refractivity contribution in [1.82, 2.24) is 24.6 Å². The first kappa shape index (κ1) is 21.5. The first-order valence-electron chi connectivity index (χ1n) is 11.0. The van der Waals surface area contributed by atoms with Crippen LogP contribution < -0.4 is 4.90 Å². The molecule has 3 fully saturated rings. The predicted octanol–water partition coefficient (Wildman–Crippen LogP) is 3.06. The number of ether oxygens (including phenoxy) is 1. The Bertz CT molecular complexity index is 981. The average Bonchev–Trinajstić information content (AvgIpc) is 3.32. The topological polar surface area (TPSA) is 96.6 Å². The Morgan fingerprint density at radius 1 is 1.32 bits per heavy atom. The molecule has 31 heavy (non-hydrogen) atoms. The molecular formula is C20H29ClN6O3P+. The molecule has 1 spiro atoms. The monoisotopic (exact) mass is 467 g/mol. The third kappa shape index (κ3) is 4.31. The van der Waals surface area contributed by atoms with Gasteiger partial charge in [0.05, 0.1) is 24.2 Å². The van der Waals surface area contributed by atoms with Crippen molar-refractivity contribution in [2.45, 2.75) is 38.1 Å². The first-order valence-corrected chi connectivity index (χ1v) is 12.8. The fraction of sp³-hybridized carbons (Fsp3) is 0.750. The van der Waals surface area contributed by atoms with E-state index in [1.54, 1.807) is 0 Å². The SMILES string of the molecule is CN1CCCC2(C1)CN(c1nc(Cl)nc3c1cnn3C1CCC(COC[P+](=O)O)C1)C2. The van der Waals surface area contributed by atoms with E-state index in [0.717, 1.165) is 55.7 Å². The summed E-state index contributed by atoms with van der Waals surface area (Å²) in [5.41, 5.74) is 1.16. The number of fused-ring (bicyclic) bond motifs is 1. The smallest absolute Gasteiger partial charge is 0.355 e. The van der Waals surface area contributed by atoms with Gasteiger partial charge in [0.25, 0.3) is 6.35 Å². The van der Waals surface area contributed by atoms with E-state index in [4.69, 9.17) is 21.2 Å². The van der Waals surface area contributed by atoms with E-state index < -0.39 is 8.03 Å². The minimum absolute atomic E-state index is 0.0967. The Labute approximate surface area is 187 Å². The van der Waals surface area contributed by atoms with Gasteiger partial charge in [-0.1, -0.05) is 0 Å². The highest BCUT2D eigenvalue weighted by molar-refractivity contribution is 7.37. The summed E-state index contributed by atoms with van der Waals surface area (Å²) in [6, 6.07) is 0.225. The van der Waals surface area contributed by atoms with Crippen molar-refractivity contribution in [1.29, 1.82) is 0 Å². The minimum Gasteiger partial charge on any atom is -0.355 e. The molecule has 2 saturated heterocycles. The molecule has 0 bridgehead atoms. The zero-order valence-electron chi connectivity index (χ0n) is 17.8. The van der Waals surface area contributed by atoms with Crippen LogP contribution in [0, 0.1) is 11.3 Å². The summed E-state index contributed by atoms with van der Waals surface area (Å²) in [6.45, 7) is 4.83. The second-order valence-electron chi connectivity index (χ2n) is 9.53. The fourth-order valence-corrected chi connectivity index (χ4v) is 6.16. The van der Waals surface area contributed by atoms with Crippen molar-refractivity contribution in [3.8, 4) is 0 Å². The Kier molecular flexibility index (Phi) is 5.90. The molecule has 3 atom stereocenters. The van der Waals surface area contributed by atoms with E-state index in [0.29, 0.717) is 17.9 Å². The van der Waals surface area contributed by atoms with Crippen LogP contribution in [0.25, 0.3) is 11.0 Å². The lowest BCUT2D eigenvalue weighted by atomic mass is 9.73. The number of nitrogens with zero attached hydrogens (tertiary/aromatic N) is 6. The van der Waals surface area contributed by atoms with Crippen LogP contribution in [0.4, 0.5) is 5.82 Å². The molecule has 2 aromatic heterocycles. The van der Waals surface area contributed by atoms with Crippen molar-refractivity contribution in [3.63, 3.8) is 0 Å². The molecule has 4 heterocycles. The van der Waals surface area contributed by atoms with Crippen molar-refractivity contribution in [2.24, 2.45) is 11.3 Å². The van der Waals surface area contributed by atoms with Crippen LogP contribution in [0.5, 0.6) is 0 Å². The van der Waals surface area contributed by atoms with Crippen molar-refractivity contribution >= 4 is 36.5 Å². The standard InChI is InChI=1S/C20H28ClN6O3P/c1-25-6-2-5-20(10-25)11-26(12-20)17-16-8-22-27(18(16)24-19(21)23-17)15-4-3-14(7-15)9-30-13-31(28)29/h8,14-15H,2-7,9-13H2,1H3/p+1. The molecule has 0 amide bonds. The van der Waals surface area contributed by atoms with Crippen LogP contribution >= 0.6 is 19.6 Å². The van der Waals surface area contributed by atoms with Crippen LogP contribution in [0.3, 0.4) is 0 Å². The van der Waals surface area contributed by atoms with Crippen LogP contribution in [0.15, 0.2) is 6.20 Å². The van der Waals surface area contributed by atoms with E-state index in [1.807, 2.05) is 10.9 Å². The maximum Gasteiger partial charge on any atom is 0.534 e. The summed E-state index contributed by atoms with van der Waals surface area (Å²) in [4.78, 5) is 22.8. The van der Waals surface area contributed by atoms with Gasteiger partial charge < -0.3 is 14.5 Å². The summed E-state index contributed by atoms with van der Waals surface area (Å²) in [7, 11) is -0.0346. The fourth-order valence-electron chi connectivity index (χ4n) is 5.74. The lowest BCUT2D eigenvalue weighted by Gasteiger charge is -2.54. The van der Waals surface area contributed by atoms with Crippen LogP contribution in [-0.4, -0.2) is 75.7 Å². The second-order valence-corrected chi connectivity index (χ2v) is 10.8. The summed E-state index contributed by atoms with van der Waals surface area (Å²) in [6.07, 6.45) is 7.19. The number of anilines is 1. The highest BCUT2D eigenvalue weighted by Gasteiger charge is 2.46. The minimum atomic E-state index is -2.24. The van der Waals surface area contributed by atoms with E-state index >= 15 is 0 Å². The van der Waals surface area contributed by atoms with Crippen molar-refractivity contribution in [3.05, 3.63) is 11.5 Å². The third-order valence-corrected chi connectivity index (χ3v) is 7.60. The van der Waals surface area contributed by atoms with Gasteiger partial charge in [0, 0.05) is 25.0 Å². The molecule has 3 unspecified atom stereocenters. The number of aromatic nitrogens is 4. The number of hydrogen-bond acceptors (Lipinski definition) is 7. The third-order valence-electron chi connectivity index (χ3n) is 7.03. The lowest BCUT2D eigenvalue weighted by molar-refractivity contribution is 0.0780. The highest BCUT2D eigenvalue weighted by atomic mass is 35.5. The normalized spacial score (nSPS) is 26.5. The number of hydrogen-bond donors (Lipinski definition) is 1. The highest BCUT2D eigenvalue weighted by Crippen LogP contribution is 2.43. The lowest BCUT2D eigenvalue weighted by Crippen LogP contribution is -2.62. The largest absolute Gasteiger partial charge is 0.534 e. The number of likely N-dealkylation sites (tertiary alicyclic amines) is 1.